The zero-order valence-corrected chi connectivity index (χ0v) is 14.7. The van der Waals surface area contributed by atoms with Crippen molar-refractivity contribution < 1.29 is 18.3 Å². The first kappa shape index (κ1) is 16.9. The number of morpholine rings is 1. The highest BCUT2D eigenvalue weighted by atomic mass is 79.9. The van der Waals surface area contributed by atoms with E-state index < -0.39 is 10.0 Å². The fourth-order valence-corrected chi connectivity index (χ4v) is 5.03. The van der Waals surface area contributed by atoms with Crippen LogP contribution in [-0.4, -0.2) is 43.1 Å². The van der Waals surface area contributed by atoms with Gasteiger partial charge in [-0.1, -0.05) is 15.9 Å². The van der Waals surface area contributed by atoms with Crippen molar-refractivity contribution in [3.05, 3.63) is 27.7 Å². The summed E-state index contributed by atoms with van der Waals surface area (Å²) >= 11 is 3.36. The molecule has 118 valence electrons. The van der Waals surface area contributed by atoms with Crippen LogP contribution in [0, 0.1) is 6.92 Å². The van der Waals surface area contributed by atoms with Crippen LogP contribution in [0.15, 0.2) is 21.5 Å². The van der Waals surface area contributed by atoms with Crippen molar-refractivity contribution in [2.75, 3.05) is 13.2 Å². The number of hydrogen-bond donors (Lipinski definition) is 1. The molecule has 2 unspecified atom stereocenters. The predicted octanol–water partition coefficient (Wildman–Crippen LogP) is 2.05. The molecule has 0 bridgehead atoms. The Kier molecular flexibility index (Phi) is 5.10. The van der Waals surface area contributed by atoms with Crippen molar-refractivity contribution in [2.45, 2.75) is 44.4 Å². The van der Waals surface area contributed by atoms with E-state index in [2.05, 4.69) is 15.9 Å². The predicted molar refractivity (Wildman–Crippen MR) is 83.6 cm³/mol. The van der Waals surface area contributed by atoms with Crippen LogP contribution < -0.4 is 0 Å². The van der Waals surface area contributed by atoms with E-state index >= 15 is 0 Å². The van der Waals surface area contributed by atoms with Gasteiger partial charge in [-0.3, -0.25) is 0 Å². The SMILES string of the molecule is Cc1c(Br)cc(CO)cc1S(=O)(=O)N1CC(C)OCC1C. The van der Waals surface area contributed by atoms with Crippen LogP contribution in [0.4, 0.5) is 0 Å². The number of sulfonamides is 1. The molecule has 7 heteroatoms. The molecular weight excluding hydrogens is 358 g/mol. The average Bonchev–Trinajstić information content (AvgIpc) is 2.43. The summed E-state index contributed by atoms with van der Waals surface area (Å²) in [5.41, 5.74) is 1.22. The van der Waals surface area contributed by atoms with E-state index in [0.29, 0.717) is 28.8 Å². The summed E-state index contributed by atoms with van der Waals surface area (Å²) in [6, 6.07) is 3.07. The molecule has 2 atom stereocenters. The molecule has 1 saturated heterocycles. The highest BCUT2D eigenvalue weighted by molar-refractivity contribution is 9.10. The molecule has 1 heterocycles. The topological polar surface area (TPSA) is 66.8 Å². The summed E-state index contributed by atoms with van der Waals surface area (Å²) < 4.78 is 33.6. The molecule has 0 aliphatic carbocycles. The minimum atomic E-state index is -3.62. The molecule has 1 fully saturated rings. The second kappa shape index (κ2) is 6.34. The Morgan fingerprint density at radius 1 is 1.43 bits per heavy atom. The van der Waals surface area contributed by atoms with E-state index in [9.17, 15) is 13.5 Å². The van der Waals surface area contributed by atoms with Crippen molar-refractivity contribution in [3.8, 4) is 0 Å². The maximum Gasteiger partial charge on any atom is 0.243 e. The monoisotopic (exact) mass is 377 g/mol. The first-order chi connectivity index (χ1) is 9.77. The highest BCUT2D eigenvalue weighted by Crippen LogP contribution is 2.30. The zero-order chi connectivity index (χ0) is 15.8. The molecule has 0 amide bonds. The molecule has 0 radical (unpaired) electrons. The van der Waals surface area contributed by atoms with Crippen molar-refractivity contribution in [3.63, 3.8) is 0 Å². The minimum Gasteiger partial charge on any atom is -0.392 e. The molecule has 0 spiro atoms. The van der Waals surface area contributed by atoms with E-state index in [1.54, 1.807) is 19.1 Å². The minimum absolute atomic E-state index is 0.124. The first-order valence-corrected chi connectivity index (χ1v) is 9.04. The normalized spacial score (nSPS) is 24.2. The number of ether oxygens (including phenoxy) is 1. The first-order valence-electron chi connectivity index (χ1n) is 6.80. The summed E-state index contributed by atoms with van der Waals surface area (Å²) in [5.74, 6) is 0. The summed E-state index contributed by atoms with van der Waals surface area (Å²) in [5, 5.41) is 9.30. The molecule has 5 nitrogen and oxygen atoms in total. The van der Waals surface area contributed by atoms with Crippen LogP contribution in [0.25, 0.3) is 0 Å². The quantitative estimate of drug-likeness (QED) is 0.874. The van der Waals surface area contributed by atoms with Crippen LogP contribution in [0.5, 0.6) is 0 Å². The van der Waals surface area contributed by atoms with Gasteiger partial charge in [-0.2, -0.15) is 4.31 Å². The highest BCUT2D eigenvalue weighted by Gasteiger charge is 2.35. The summed E-state index contributed by atoms with van der Waals surface area (Å²) in [6.07, 6.45) is -0.124. The number of rotatable bonds is 3. The number of nitrogens with zero attached hydrogens (tertiary/aromatic N) is 1. The Hall–Kier alpha value is -0.470. The van der Waals surface area contributed by atoms with Gasteiger partial charge >= 0.3 is 0 Å². The summed E-state index contributed by atoms with van der Waals surface area (Å²) in [6.45, 7) is 5.98. The average molecular weight is 378 g/mol. The largest absolute Gasteiger partial charge is 0.392 e. The molecule has 1 aliphatic rings. The molecule has 0 saturated carbocycles. The van der Waals surface area contributed by atoms with Gasteiger partial charge in [0.15, 0.2) is 0 Å². The van der Waals surface area contributed by atoms with Gasteiger partial charge in [0.05, 0.1) is 24.2 Å². The van der Waals surface area contributed by atoms with Gasteiger partial charge in [-0.25, -0.2) is 8.42 Å². The molecule has 1 aromatic carbocycles. The van der Waals surface area contributed by atoms with Gasteiger partial charge in [-0.05, 0) is 44.0 Å². The lowest BCUT2D eigenvalue weighted by molar-refractivity contribution is -0.0170. The van der Waals surface area contributed by atoms with Gasteiger partial charge in [0.2, 0.25) is 10.0 Å². The fourth-order valence-electron chi connectivity index (χ4n) is 2.40. The van der Waals surface area contributed by atoms with E-state index in [4.69, 9.17) is 4.74 Å². The molecule has 1 N–H and O–H groups in total. The lowest BCUT2D eigenvalue weighted by Crippen LogP contribution is -2.50. The van der Waals surface area contributed by atoms with E-state index in [1.807, 2.05) is 13.8 Å². The van der Waals surface area contributed by atoms with Crippen LogP contribution in [0.3, 0.4) is 0 Å². The Labute approximate surface area is 134 Å². The third-order valence-electron chi connectivity index (χ3n) is 3.68. The number of aliphatic hydroxyl groups is 1. The standard InChI is InChI=1S/C14H20BrNO4S/c1-9-8-20-10(2)6-16(9)21(18,19)14-5-12(7-17)4-13(15)11(14)3/h4-5,9-10,17H,6-8H2,1-3H3. The van der Waals surface area contributed by atoms with Crippen molar-refractivity contribution in [1.82, 2.24) is 4.31 Å². The van der Waals surface area contributed by atoms with E-state index in [0.717, 1.165) is 0 Å². The van der Waals surface area contributed by atoms with Gasteiger partial charge in [0.25, 0.3) is 0 Å². The summed E-state index contributed by atoms with van der Waals surface area (Å²) in [4.78, 5) is 0.238. The lowest BCUT2D eigenvalue weighted by Gasteiger charge is -2.36. The Morgan fingerprint density at radius 2 is 2.10 bits per heavy atom. The van der Waals surface area contributed by atoms with Gasteiger partial charge in [0.1, 0.15) is 0 Å². The Balaban J connectivity index is 2.51. The Bertz CT molecular complexity index is 632. The second-order valence-corrected chi connectivity index (χ2v) is 8.14. The molecule has 1 aliphatic heterocycles. The summed E-state index contributed by atoms with van der Waals surface area (Å²) in [7, 11) is -3.62. The van der Waals surface area contributed by atoms with Gasteiger partial charge < -0.3 is 9.84 Å². The van der Waals surface area contributed by atoms with Crippen LogP contribution in [0.1, 0.15) is 25.0 Å². The Morgan fingerprint density at radius 3 is 2.71 bits per heavy atom. The van der Waals surface area contributed by atoms with E-state index in [-0.39, 0.29) is 23.6 Å². The van der Waals surface area contributed by atoms with Crippen molar-refractivity contribution in [1.29, 1.82) is 0 Å². The number of benzene rings is 1. The molecule has 1 aromatic rings. The maximum absolute atomic E-state index is 13.0. The van der Waals surface area contributed by atoms with Crippen molar-refractivity contribution in [2.24, 2.45) is 0 Å². The maximum atomic E-state index is 13.0. The molecule has 0 aromatic heterocycles. The van der Waals surface area contributed by atoms with Gasteiger partial charge in [-0.15, -0.1) is 0 Å². The molecular formula is C14H20BrNO4S. The second-order valence-electron chi connectivity index (χ2n) is 5.43. The number of hydrogen-bond acceptors (Lipinski definition) is 4. The number of halogens is 1. The van der Waals surface area contributed by atoms with Crippen LogP contribution >= 0.6 is 15.9 Å². The smallest absolute Gasteiger partial charge is 0.243 e. The van der Waals surface area contributed by atoms with Gasteiger partial charge in [0, 0.05) is 17.1 Å². The van der Waals surface area contributed by atoms with E-state index in [1.165, 1.54) is 4.31 Å². The fraction of sp³-hybridized carbons (Fsp3) is 0.571. The molecule has 2 rings (SSSR count). The third-order valence-corrected chi connectivity index (χ3v) is 6.61. The third kappa shape index (κ3) is 3.32. The van der Waals surface area contributed by atoms with Crippen LogP contribution in [-0.2, 0) is 21.4 Å². The number of aliphatic hydroxyl groups excluding tert-OH is 1. The van der Waals surface area contributed by atoms with Crippen LogP contribution in [0.2, 0.25) is 0 Å². The zero-order valence-electron chi connectivity index (χ0n) is 12.3. The molecule has 21 heavy (non-hydrogen) atoms. The lowest BCUT2D eigenvalue weighted by atomic mass is 10.2. The van der Waals surface area contributed by atoms with Crippen molar-refractivity contribution >= 4 is 26.0 Å².